The van der Waals surface area contributed by atoms with Gasteiger partial charge >= 0.3 is 0 Å². The van der Waals surface area contributed by atoms with E-state index in [1.165, 1.54) is 0 Å². The molecule has 0 unspecified atom stereocenters. The monoisotopic (exact) mass is 185 g/mol. The molecule has 1 fully saturated rings. The Bertz CT molecular complexity index is 166. The fraction of sp³-hybridized carbons (Fsp3) is 0.889. The molecule has 0 radical (unpaired) electrons. The van der Waals surface area contributed by atoms with Gasteiger partial charge in [-0.3, -0.25) is 4.79 Å². The van der Waals surface area contributed by atoms with Crippen molar-refractivity contribution in [2.75, 3.05) is 33.7 Å². The zero-order valence-electron chi connectivity index (χ0n) is 8.47. The Hall–Kier alpha value is -0.610. The van der Waals surface area contributed by atoms with Gasteiger partial charge in [0.2, 0.25) is 5.91 Å². The molecule has 1 amide bonds. The summed E-state index contributed by atoms with van der Waals surface area (Å²) >= 11 is 0. The Morgan fingerprint density at radius 1 is 1.46 bits per heavy atom. The predicted octanol–water partition coefficient (Wildman–Crippen LogP) is -0.584. The molecule has 0 atom stereocenters. The molecular weight excluding hydrogens is 166 g/mol. The van der Waals surface area contributed by atoms with Crippen LogP contribution >= 0.6 is 0 Å². The first-order chi connectivity index (χ1) is 6.18. The van der Waals surface area contributed by atoms with Crippen LogP contribution in [-0.4, -0.2) is 50.6 Å². The second-order valence-electron chi connectivity index (χ2n) is 3.82. The number of carbonyl (C=O) groups is 1. The smallest absolute Gasteiger partial charge is 0.234 e. The molecule has 0 aromatic heterocycles. The minimum atomic E-state index is 0.126. The van der Waals surface area contributed by atoms with E-state index in [1.54, 1.807) is 0 Å². The van der Waals surface area contributed by atoms with Gasteiger partial charge in [-0.1, -0.05) is 0 Å². The normalized spacial score (nSPS) is 16.2. The SMILES string of the molecule is CN(C)CCNCC(=O)NC1CC1. The first-order valence-electron chi connectivity index (χ1n) is 4.83. The number of nitrogens with zero attached hydrogens (tertiary/aromatic N) is 1. The Kier molecular flexibility index (Phi) is 4.18. The minimum Gasteiger partial charge on any atom is -0.352 e. The second kappa shape index (κ2) is 5.19. The zero-order valence-corrected chi connectivity index (χ0v) is 8.47. The maximum Gasteiger partial charge on any atom is 0.234 e. The standard InChI is InChI=1S/C9H19N3O/c1-12(2)6-5-10-7-9(13)11-8-3-4-8/h8,10H,3-7H2,1-2H3,(H,11,13). The number of likely N-dealkylation sites (N-methyl/N-ethyl adjacent to an activating group) is 1. The van der Waals surface area contributed by atoms with Crippen molar-refractivity contribution in [2.24, 2.45) is 0 Å². The summed E-state index contributed by atoms with van der Waals surface area (Å²) in [7, 11) is 4.04. The van der Waals surface area contributed by atoms with Crippen molar-refractivity contribution >= 4 is 5.91 Å². The highest BCUT2D eigenvalue weighted by Crippen LogP contribution is 2.17. The lowest BCUT2D eigenvalue weighted by Gasteiger charge is -2.10. The van der Waals surface area contributed by atoms with Crippen molar-refractivity contribution in [1.82, 2.24) is 15.5 Å². The van der Waals surface area contributed by atoms with E-state index < -0.39 is 0 Å². The van der Waals surface area contributed by atoms with Crippen molar-refractivity contribution in [3.05, 3.63) is 0 Å². The first kappa shape index (κ1) is 10.5. The molecule has 1 saturated carbocycles. The van der Waals surface area contributed by atoms with Crippen molar-refractivity contribution in [2.45, 2.75) is 18.9 Å². The molecule has 0 aromatic rings. The van der Waals surface area contributed by atoms with Gasteiger partial charge < -0.3 is 15.5 Å². The highest BCUT2D eigenvalue weighted by molar-refractivity contribution is 5.78. The van der Waals surface area contributed by atoms with E-state index in [1.807, 2.05) is 14.1 Å². The summed E-state index contributed by atoms with van der Waals surface area (Å²) in [6.45, 7) is 2.28. The lowest BCUT2D eigenvalue weighted by molar-refractivity contribution is -0.120. The van der Waals surface area contributed by atoms with Crippen LogP contribution in [0.15, 0.2) is 0 Å². The van der Waals surface area contributed by atoms with Gasteiger partial charge in [-0.25, -0.2) is 0 Å². The lowest BCUT2D eigenvalue weighted by atomic mass is 10.5. The average Bonchev–Trinajstić information content (AvgIpc) is 2.81. The average molecular weight is 185 g/mol. The Balaban J connectivity index is 1.89. The van der Waals surface area contributed by atoms with E-state index in [0.29, 0.717) is 12.6 Å². The highest BCUT2D eigenvalue weighted by atomic mass is 16.2. The van der Waals surface area contributed by atoms with Crippen LogP contribution < -0.4 is 10.6 Å². The molecule has 0 spiro atoms. The van der Waals surface area contributed by atoms with Gasteiger partial charge in [0.05, 0.1) is 6.54 Å². The van der Waals surface area contributed by atoms with Crippen LogP contribution in [0.2, 0.25) is 0 Å². The molecule has 2 N–H and O–H groups in total. The summed E-state index contributed by atoms with van der Waals surface area (Å²) < 4.78 is 0. The molecule has 0 heterocycles. The van der Waals surface area contributed by atoms with E-state index in [4.69, 9.17) is 0 Å². The quantitative estimate of drug-likeness (QED) is 0.544. The molecular formula is C9H19N3O. The van der Waals surface area contributed by atoms with Crippen LogP contribution in [0.4, 0.5) is 0 Å². The van der Waals surface area contributed by atoms with Crippen LogP contribution in [-0.2, 0) is 4.79 Å². The van der Waals surface area contributed by atoms with Crippen LogP contribution in [0, 0.1) is 0 Å². The maximum atomic E-state index is 11.2. The van der Waals surface area contributed by atoms with Gasteiger partial charge in [-0.15, -0.1) is 0 Å². The van der Waals surface area contributed by atoms with Crippen LogP contribution in [0.3, 0.4) is 0 Å². The van der Waals surface area contributed by atoms with Gasteiger partial charge in [0.1, 0.15) is 0 Å². The number of hydrogen-bond donors (Lipinski definition) is 2. The fourth-order valence-corrected chi connectivity index (χ4v) is 1.01. The topological polar surface area (TPSA) is 44.4 Å². The number of amides is 1. The van der Waals surface area contributed by atoms with Gasteiger partial charge in [-0.2, -0.15) is 0 Å². The summed E-state index contributed by atoms with van der Waals surface area (Å²) in [5.41, 5.74) is 0. The van der Waals surface area contributed by atoms with E-state index in [2.05, 4.69) is 15.5 Å². The van der Waals surface area contributed by atoms with Crippen LogP contribution in [0.25, 0.3) is 0 Å². The van der Waals surface area contributed by atoms with Gasteiger partial charge in [0, 0.05) is 19.1 Å². The Morgan fingerprint density at radius 3 is 2.69 bits per heavy atom. The number of rotatable bonds is 6. The molecule has 4 heteroatoms. The third kappa shape index (κ3) is 5.60. The summed E-state index contributed by atoms with van der Waals surface area (Å²) in [6, 6.07) is 0.475. The third-order valence-corrected chi connectivity index (χ3v) is 1.96. The van der Waals surface area contributed by atoms with Gasteiger partial charge in [-0.05, 0) is 26.9 Å². The molecule has 1 aliphatic carbocycles. The van der Waals surface area contributed by atoms with E-state index in [0.717, 1.165) is 25.9 Å². The summed E-state index contributed by atoms with van der Waals surface area (Å²) in [5, 5.41) is 6.02. The van der Waals surface area contributed by atoms with Crippen molar-refractivity contribution in [3.63, 3.8) is 0 Å². The molecule has 1 aliphatic rings. The zero-order chi connectivity index (χ0) is 9.68. The Morgan fingerprint density at radius 2 is 2.15 bits per heavy atom. The number of hydrogen-bond acceptors (Lipinski definition) is 3. The van der Waals surface area contributed by atoms with Crippen LogP contribution in [0.5, 0.6) is 0 Å². The van der Waals surface area contributed by atoms with Gasteiger partial charge in [0.15, 0.2) is 0 Å². The molecule has 1 rings (SSSR count). The van der Waals surface area contributed by atoms with Crippen molar-refractivity contribution in [1.29, 1.82) is 0 Å². The van der Waals surface area contributed by atoms with Crippen molar-refractivity contribution in [3.8, 4) is 0 Å². The second-order valence-corrected chi connectivity index (χ2v) is 3.82. The largest absolute Gasteiger partial charge is 0.352 e. The summed E-state index contributed by atoms with van der Waals surface area (Å²) in [4.78, 5) is 13.2. The van der Waals surface area contributed by atoms with E-state index in [-0.39, 0.29) is 5.91 Å². The van der Waals surface area contributed by atoms with Gasteiger partial charge in [0.25, 0.3) is 0 Å². The lowest BCUT2D eigenvalue weighted by Crippen LogP contribution is -2.37. The summed E-state index contributed by atoms with van der Waals surface area (Å²) in [6.07, 6.45) is 2.31. The van der Waals surface area contributed by atoms with E-state index >= 15 is 0 Å². The minimum absolute atomic E-state index is 0.126. The molecule has 4 nitrogen and oxygen atoms in total. The first-order valence-corrected chi connectivity index (χ1v) is 4.83. The van der Waals surface area contributed by atoms with Crippen LogP contribution in [0.1, 0.15) is 12.8 Å². The molecule has 76 valence electrons. The summed E-state index contributed by atoms with van der Waals surface area (Å²) in [5.74, 6) is 0.126. The molecule has 0 aliphatic heterocycles. The van der Waals surface area contributed by atoms with Crippen molar-refractivity contribution < 1.29 is 4.79 Å². The Labute approximate surface area is 79.7 Å². The molecule has 0 saturated heterocycles. The fourth-order valence-electron chi connectivity index (χ4n) is 1.01. The van der Waals surface area contributed by atoms with E-state index in [9.17, 15) is 4.79 Å². The molecule has 13 heavy (non-hydrogen) atoms. The maximum absolute atomic E-state index is 11.2. The molecule has 0 aromatic carbocycles. The highest BCUT2D eigenvalue weighted by Gasteiger charge is 2.22. The third-order valence-electron chi connectivity index (χ3n) is 1.96. The number of nitrogens with one attached hydrogen (secondary N) is 2. The number of carbonyl (C=O) groups excluding carboxylic acids is 1. The molecule has 0 bridgehead atoms. The predicted molar refractivity (Wildman–Crippen MR) is 52.6 cm³/mol.